The van der Waals surface area contributed by atoms with Gasteiger partial charge in [0.25, 0.3) is 0 Å². The van der Waals surface area contributed by atoms with Crippen LogP contribution in [0.2, 0.25) is 0 Å². The van der Waals surface area contributed by atoms with E-state index in [1.807, 2.05) is 69.2 Å². The Hall–Kier alpha value is -0.120. The third-order valence-corrected chi connectivity index (χ3v) is 5.61. The Balaban J connectivity index is -0.000000105. The predicted octanol–water partition coefficient (Wildman–Crippen LogP) is 9.60. The molecule has 3 nitrogen and oxygen atoms in total. The van der Waals surface area contributed by atoms with Crippen molar-refractivity contribution in [3.63, 3.8) is 0 Å². The summed E-state index contributed by atoms with van der Waals surface area (Å²) in [5.41, 5.74) is 0. The molecule has 3 saturated heterocycles. The van der Waals surface area contributed by atoms with Crippen LogP contribution in [0.3, 0.4) is 0 Å². The molecule has 0 radical (unpaired) electrons. The first kappa shape index (κ1) is 43.9. The fourth-order valence-electron chi connectivity index (χ4n) is 3.55. The zero-order chi connectivity index (χ0) is 27.9. The van der Waals surface area contributed by atoms with Gasteiger partial charge in [-0.3, -0.25) is 0 Å². The number of likely N-dealkylation sites (tertiary alicyclic amines) is 3. The van der Waals surface area contributed by atoms with Crippen LogP contribution >= 0.6 is 0 Å². The molecule has 0 amide bonds. The minimum Gasteiger partial charge on any atom is -0.301 e. The SMILES string of the molecule is CC.CC.CC.CC.CC.CC(C)N1CCC1.CC(C)N1CCCC1.CC(C)N1CCCCC1. The van der Waals surface area contributed by atoms with Crippen LogP contribution in [0.5, 0.6) is 0 Å². The third kappa shape index (κ3) is 28.1. The largest absolute Gasteiger partial charge is 0.301 e. The first-order chi connectivity index (χ1) is 16.4. The topological polar surface area (TPSA) is 9.72 Å². The van der Waals surface area contributed by atoms with Crippen molar-refractivity contribution in [2.45, 2.75) is 167 Å². The summed E-state index contributed by atoms with van der Waals surface area (Å²) in [4.78, 5) is 7.56. The van der Waals surface area contributed by atoms with Crippen molar-refractivity contribution in [3.05, 3.63) is 0 Å². The predicted molar refractivity (Wildman–Crippen MR) is 165 cm³/mol. The highest BCUT2D eigenvalue weighted by Gasteiger charge is 2.15. The van der Waals surface area contributed by atoms with Crippen molar-refractivity contribution < 1.29 is 0 Å². The van der Waals surface area contributed by atoms with E-state index in [9.17, 15) is 0 Å². The minimum atomic E-state index is 0.769. The van der Waals surface area contributed by atoms with Gasteiger partial charge in [0.2, 0.25) is 0 Å². The highest BCUT2D eigenvalue weighted by atomic mass is 15.2. The van der Waals surface area contributed by atoms with E-state index in [0.29, 0.717) is 0 Å². The lowest BCUT2D eigenvalue weighted by Crippen LogP contribution is -2.41. The molecule has 0 spiro atoms. The molecule has 0 aromatic carbocycles. The van der Waals surface area contributed by atoms with Crippen LogP contribution in [-0.2, 0) is 0 Å². The minimum absolute atomic E-state index is 0.769. The third-order valence-electron chi connectivity index (χ3n) is 5.61. The van der Waals surface area contributed by atoms with Crippen LogP contribution in [0.15, 0.2) is 0 Å². The summed E-state index contributed by atoms with van der Waals surface area (Å²) in [5, 5.41) is 0. The van der Waals surface area contributed by atoms with Crippen LogP contribution < -0.4 is 0 Å². The maximum Gasteiger partial charge on any atom is 0.00386 e. The first-order valence-electron chi connectivity index (χ1n) is 15.6. The van der Waals surface area contributed by atoms with Crippen molar-refractivity contribution in [2.24, 2.45) is 0 Å². The van der Waals surface area contributed by atoms with Crippen LogP contribution in [-0.4, -0.2) is 72.1 Å². The zero-order valence-corrected chi connectivity index (χ0v) is 27.6. The van der Waals surface area contributed by atoms with Gasteiger partial charge in [0.1, 0.15) is 0 Å². The van der Waals surface area contributed by atoms with Gasteiger partial charge in [-0.25, -0.2) is 0 Å². The fourth-order valence-corrected chi connectivity index (χ4v) is 3.55. The second-order valence-electron chi connectivity index (χ2n) is 8.51. The first-order valence-corrected chi connectivity index (χ1v) is 15.6. The van der Waals surface area contributed by atoms with E-state index in [-0.39, 0.29) is 0 Å². The molecule has 3 fully saturated rings. The van der Waals surface area contributed by atoms with Crippen molar-refractivity contribution >= 4 is 0 Å². The van der Waals surface area contributed by atoms with Crippen LogP contribution in [0, 0.1) is 0 Å². The van der Waals surface area contributed by atoms with Crippen molar-refractivity contribution in [1.29, 1.82) is 0 Å². The molecule has 0 bridgehead atoms. The van der Waals surface area contributed by atoms with E-state index in [4.69, 9.17) is 0 Å². The highest BCUT2D eigenvalue weighted by Crippen LogP contribution is 2.11. The van der Waals surface area contributed by atoms with E-state index >= 15 is 0 Å². The second-order valence-corrected chi connectivity index (χ2v) is 8.51. The molecule has 3 aliphatic heterocycles. The number of piperidine rings is 1. The zero-order valence-electron chi connectivity index (χ0n) is 27.6. The van der Waals surface area contributed by atoms with Crippen LogP contribution in [0.1, 0.15) is 149 Å². The van der Waals surface area contributed by atoms with E-state index in [0.717, 1.165) is 18.1 Å². The average molecular weight is 490 g/mol. The summed E-state index contributed by atoms with van der Waals surface area (Å²) in [6.07, 6.45) is 8.52. The van der Waals surface area contributed by atoms with Crippen LogP contribution in [0.4, 0.5) is 0 Å². The number of rotatable bonds is 3. The average Bonchev–Trinajstić information content (AvgIpc) is 3.41. The summed E-state index contributed by atoms with van der Waals surface area (Å²) in [6.45, 7) is 41.6. The highest BCUT2D eigenvalue weighted by molar-refractivity contribution is 4.71. The van der Waals surface area contributed by atoms with Crippen molar-refractivity contribution in [1.82, 2.24) is 14.7 Å². The number of hydrogen-bond donors (Lipinski definition) is 0. The normalized spacial score (nSPS) is 17.0. The number of nitrogens with zero attached hydrogens (tertiary/aromatic N) is 3. The molecule has 3 heteroatoms. The molecular formula is C31H75N3. The molecule has 0 aliphatic carbocycles. The molecule has 0 unspecified atom stereocenters. The monoisotopic (exact) mass is 490 g/mol. The second kappa shape index (κ2) is 37.4. The Kier molecular flexibility index (Phi) is 48.3. The molecular weight excluding hydrogens is 414 g/mol. The van der Waals surface area contributed by atoms with Gasteiger partial charge in [0, 0.05) is 18.1 Å². The Morgan fingerprint density at radius 2 is 0.471 bits per heavy atom. The van der Waals surface area contributed by atoms with E-state index in [1.165, 1.54) is 77.8 Å². The number of hydrogen-bond acceptors (Lipinski definition) is 3. The molecule has 3 rings (SSSR count). The fraction of sp³-hybridized carbons (Fsp3) is 1.00. The van der Waals surface area contributed by atoms with Crippen molar-refractivity contribution in [3.8, 4) is 0 Å². The van der Waals surface area contributed by atoms with Gasteiger partial charge in [0.15, 0.2) is 0 Å². The molecule has 0 saturated carbocycles. The van der Waals surface area contributed by atoms with Gasteiger partial charge >= 0.3 is 0 Å². The summed E-state index contributed by atoms with van der Waals surface area (Å²) in [5.74, 6) is 0. The van der Waals surface area contributed by atoms with Gasteiger partial charge in [-0.05, 0) is 113 Å². The standard InChI is InChI=1S/C8H17N.C7H15N.C6H13N.5C2H6/c1-8(2)9-6-4-3-5-7-9;1-7(2)8-5-3-4-6-8;1-6(2)7-4-3-5-7;5*1-2/h8H,3-7H2,1-2H3;7H,3-6H2,1-2H3;6H,3-5H2,1-2H3;5*1-2H3. The van der Waals surface area contributed by atoms with E-state index in [1.54, 1.807) is 0 Å². The Morgan fingerprint density at radius 3 is 0.588 bits per heavy atom. The van der Waals surface area contributed by atoms with E-state index < -0.39 is 0 Å². The molecule has 34 heavy (non-hydrogen) atoms. The van der Waals surface area contributed by atoms with Gasteiger partial charge in [-0.15, -0.1) is 0 Å². The molecule has 214 valence electrons. The Labute approximate surface area is 221 Å². The molecule has 0 aromatic rings. The van der Waals surface area contributed by atoms with Crippen LogP contribution in [0.25, 0.3) is 0 Å². The van der Waals surface area contributed by atoms with Crippen molar-refractivity contribution in [2.75, 3.05) is 39.3 Å². The smallest absolute Gasteiger partial charge is 0.00386 e. The summed E-state index contributed by atoms with van der Waals surface area (Å²) in [7, 11) is 0. The Bertz CT molecular complexity index is 287. The lowest BCUT2D eigenvalue weighted by molar-refractivity contribution is 0.138. The maximum atomic E-state index is 2.56. The molecule has 3 aliphatic rings. The molecule has 0 N–H and O–H groups in total. The molecule has 0 aromatic heterocycles. The molecule has 3 heterocycles. The van der Waals surface area contributed by atoms with Gasteiger partial charge in [-0.2, -0.15) is 0 Å². The quantitative estimate of drug-likeness (QED) is 0.390. The maximum absolute atomic E-state index is 2.56. The molecule has 0 atom stereocenters. The summed E-state index contributed by atoms with van der Waals surface area (Å²) >= 11 is 0. The summed E-state index contributed by atoms with van der Waals surface area (Å²) < 4.78 is 0. The van der Waals surface area contributed by atoms with E-state index in [2.05, 4.69) is 56.2 Å². The lowest BCUT2D eigenvalue weighted by Gasteiger charge is -2.34. The van der Waals surface area contributed by atoms with Gasteiger partial charge in [0.05, 0.1) is 0 Å². The lowest BCUT2D eigenvalue weighted by atomic mass is 10.1. The Morgan fingerprint density at radius 1 is 0.294 bits per heavy atom. The summed E-state index contributed by atoms with van der Waals surface area (Å²) in [6, 6.07) is 2.33. The van der Waals surface area contributed by atoms with Gasteiger partial charge < -0.3 is 14.7 Å². The van der Waals surface area contributed by atoms with Gasteiger partial charge in [-0.1, -0.05) is 75.7 Å².